The van der Waals surface area contributed by atoms with Crippen molar-refractivity contribution in [2.45, 2.75) is 17.9 Å². The zero-order valence-corrected chi connectivity index (χ0v) is 11.6. The van der Waals surface area contributed by atoms with Crippen LogP contribution in [0, 0.1) is 0 Å². The number of hydrogen-bond acceptors (Lipinski definition) is 5. The molecule has 1 aliphatic rings. The van der Waals surface area contributed by atoms with Crippen molar-refractivity contribution in [3.8, 4) is 0 Å². The molecule has 8 heteroatoms. The van der Waals surface area contributed by atoms with Crippen LogP contribution in [0.3, 0.4) is 0 Å². The maximum atomic E-state index is 12.3. The maximum Gasteiger partial charge on any atom is 0.246 e. The molecule has 0 aliphatic carbocycles. The molecule has 2 rings (SSSR count). The predicted molar refractivity (Wildman–Crippen MR) is 67.7 cm³/mol. The summed E-state index contributed by atoms with van der Waals surface area (Å²) < 4.78 is 26.1. The van der Waals surface area contributed by atoms with Crippen molar-refractivity contribution in [2.24, 2.45) is 0 Å². The molecule has 1 aromatic heterocycles. The van der Waals surface area contributed by atoms with Crippen LogP contribution in [-0.2, 0) is 10.0 Å². The van der Waals surface area contributed by atoms with Gasteiger partial charge in [-0.05, 0) is 18.5 Å². The van der Waals surface area contributed by atoms with Gasteiger partial charge in [0.2, 0.25) is 15.3 Å². The van der Waals surface area contributed by atoms with Gasteiger partial charge >= 0.3 is 0 Å². The molecular formula is C9H12ClN3O2S2. The Bertz CT molecular complexity index is 491. The van der Waals surface area contributed by atoms with Gasteiger partial charge in [-0.2, -0.15) is 16.1 Å². The van der Waals surface area contributed by atoms with E-state index in [1.165, 1.54) is 16.7 Å². The fraction of sp³-hybridized carbons (Fsp3) is 0.556. The van der Waals surface area contributed by atoms with Gasteiger partial charge in [0.25, 0.3) is 0 Å². The number of aromatic nitrogens is 2. The van der Waals surface area contributed by atoms with Gasteiger partial charge in [0.15, 0.2) is 0 Å². The molecule has 1 saturated heterocycles. The van der Waals surface area contributed by atoms with E-state index in [0.29, 0.717) is 6.54 Å². The first kappa shape index (κ1) is 13.1. The van der Waals surface area contributed by atoms with Crippen LogP contribution in [0.1, 0.15) is 6.92 Å². The second kappa shape index (κ2) is 5.09. The standard InChI is InChI=1S/C9H12ClN3O2S2/c1-7-6-16-3-2-13(7)17(14,15)8-4-11-9(10)12-5-8/h4-5,7H,2-3,6H2,1H3. The minimum absolute atomic E-state index is 0.00516. The number of halogens is 1. The minimum atomic E-state index is -3.49. The Labute approximate surface area is 110 Å². The molecule has 2 heterocycles. The van der Waals surface area contributed by atoms with Crippen LogP contribution in [0.2, 0.25) is 5.28 Å². The summed E-state index contributed by atoms with van der Waals surface area (Å²) in [4.78, 5) is 7.51. The molecule has 94 valence electrons. The molecule has 0 bridgehead atoms. The normalized spacial score (nSPS) is 22.6. The van der Waals surface area contributed by atoms with Crippen LogP contribution < -0.4 is 0 Å². The van der Waals surface area contributed by atoms with E-state index in [9.17, 15) is 8.42 Å². The Morgan fingerprint density at radius 3 is 2.71 bits per heavy atom. The van der Waals surface area contributed by atoms with Crippen LogP contribution in [0.5, 0.6) is 0 Å². The lowest BCUT2D eigenvalue weighted by atomic mass is 10.4. The average molecular weight is 294 g/mol. The second-order valence-corrected chi connectivity index (χ2v) is 7.11. The molecule has 0 N–H and O–H groups in total. The number of sulfonamides is 1. The van der Waals surface area contributed by atoms with Crippen LogP contribution in [-0.4, -0.2) is 46.8 Å². The molecule has 1 atom stereocenters. The molecule has 0 aromatic carbocycles. The van der Waals surface area contributed by atoms with Gasteiger partial charge in [-0.3, -0.25) is 0 Å². The molecule has 0 amide bonds. The number of rotatable bonds is 2. The molecular weight excluding hydrogens is 282 g/mol. The van der Waals surface area contributed by atoms with Gasteiger partial charge in [-0.1, -0.05) is 0 Å². The third-order valence-corrected chi connectivity index (χ3v) is 5.86. The SMILES string of the molecule is CC1CSCCN1S(=O)(=O)c1cnc(Cl)nc1. The van der Waals surface area contributed by atoms with Gasteiger partial charge < -0.3 is 0 Å². The quantitative estimate of drug-likeness (QED) is 0.768. The first-order valence-corrected chi connectivity index (χ1v) is 8.06. The third kappa shape index (κ3) is 2.73. The average Bonchev–Trinajstić information content (AvgIpc) is 2.30. The molecule has 0 radical (unpaired) electrons. The summed E-state index contributed by atoms with van der Waals surface area (Å²) in [5.74, 6) is 1.63. The molecule has 1 aliphatic heterocycles. The van der Waals surface area contributed by atoms with Crippen molar-refractivity contribution in [3.63, 3.8) is 0 Å². The topological polar surface area (TPSA) is 63.2 Å². The summed E-state index contributed by atoms with van der Waals surface area (Å²) in [5.41, 5.74) is 0. The summed E-state index contributed by atoms with van der Waals surface area (Å²) in [7, 11) is -3.49. The van der Waals surface area contributed by atoms with Crippen molar-refractivity contribution in [1.29, 1.82) is 0 Å². The summed E-state index contributed by atoms with van der Waals surface area (Å²) in [6.07, 6.45) is 2.50. The number of thioether (sulfide) groups is 1. The third-order valence-electron chi connectivity index (χ3n) is 2.51. The first-order chi connectivity index (χ1) is 8.01. The lowest BCUT2D eigenvalue weighted by molar-refractivity contribution is 0.367. The predicted octanol–water partition coefficient (Wildman–Crippen LogP) is 1.26. The highest BCUT2D eigenvalue weighted by molar-refractivity contribution is 7.99. The fourth-order valence-electron chi connectivity index (χ4n) is 1.64. The smallest absolute Gasteiger partial charge is 0.225 e. The first-order valence-electron chi connectivity index (χ1n) is 5.09. The van der Waals surface area contributed by atoms with Crippen molar-refractivity contribution < 1.29 is 8.42 Å². The van der Waals surface area contributed by atoms with Crippen molar-refractivity contribution in [1.82, 2.24) is 14.3 Å². The van der Waals surface area contributed by atoms with Gasteiger partial charge in [0.1, 0.15) is 4.90 Å². The van der Waals surface area contributed by atoms with E-state index < -0.39 is 10.0 Å². The van der Waals surface area contributed by atoms with Crippen LogP contribution >= 0.6 is 23.4 Å². The van der Waals surface area contributed by atoms with E-state index in [-0.39, 0.29) is 16.2 Å². The van der Waals surface area contributed by atoms with Crippen molar-refractivity contribution >= 4 is 33.4 Å². The molecule has 0 spiro atoms. The Kier molecular flexibility index (Phi) is 3.92. The second-order valence-electron chi connectivity index (χ2n) is 3.73. The highest BCUT2D eigenvalue weighted by atomic mass is 35.5. The largest absolute Gasteiger partial charge is 0.246 e. The van der Waals surface area contributed by atoms with E-state index >= 15 is 0 Å². The lowest BCUT2D eigenvalue weighted by Crippen LogP contribution is -2.44. The Morgan fingerprint density at radius 1 is 1.47 bits per heavy atom. The Balaban J connectivity index is 2.32. The van der Waals surface area contributed by atoms with Crippen LogP contribution in [0.4, 0.5) is 0 Å². The number of hydrogen-bond donors (Lipinski definition) is 0. The molecule has 0 saturated carbocycles. The summed E-state index contributed by atoms with van der Waals surface area (Å²) in [6, 6.07) is -0.00516. The van der Waals surface area contributed by atoms with E-state index in [2.05, 4.69) is 9.97 Å². The van der Waals surface area contributed by atoms with Gasteiger partial charge in [0, 0.05) is 24.1 Å². The zero-order chi connectivity index (χ0) is 12.5. The Morgan fingerprint density at radius 2 is 2.12 bits per heavy atom. The van der Waals surface area contributed by atoms with Gasteiger partial charge in [-0.25, -0.2) is 18.4 Å². The summed E-state index contributed by atoms with van der Waals surface area (Å²) in [6.45, 7) is 2.43. The summed E-state index contributed by atoms with van der Waals surface area (Å²) in [5, 5.41) is 0.0474. The van der Waals surface area contributed by atoms with Crippen LogP contribution in [0.25, 0.3) is 0 Å². The van der Waals surface area contributed by atoms with E-state index in [4.69, 9.17) is 11.6 Å². The molecule has 17 heavy (non-hydrogen) atoms. The van der Waals surface area contributed by atoms with Crippen molar-refractivity contribution in [2.75, 3.05) is 18.1 Å². The lowest BCUT2D eigenvalue weighted by Gasteiger charge is -2.31. The fourth-order valence-corrected chi connectivity index (χ4v) is 4.48. The van der Waals surface area contributed by atoms with E-state index in [0.717, 1.165) is 11.5 Å². The number of nitrogens with zero attached hydrogens (tertiary/aromatic N) is 3. The highest BCUT2D eigenvalue weighted by Crippen LogP contribution is 2.23. The molecule has 1 fully saturated rings. The summed E-state index contributed by atoms with van der Waals surface area (Å²) >= 11 is 7.30. The molecule has 1 unspecified atom stereocenters. The Hall–Kier alpha value is -0.370. The molecule has 1 aromatic rings. The minimum Gasteiger partial charge on any atom is -0.225 e. The maximum absolute atomic E-state index is 12.3. The van der Waals surface area contributed by atoms with Crippen LogP contribution in [0.15, 0.2) is 17.3 Å². The van der Waals surface area contributed by atoms with E-state index in [1.807, 2.05) is 6.92 Å². The zero-order valence-electron chi connectivity index (χ0n) is 9.21. The van der Waals surface area contributed by atoms with E-state index in [1.54, 1.807) is 11.8 Å². The monoisotopic (exact) mass is 293 g/mol. The van der Waals surface area contributed by atoms with Crippen molar-refractivity contribution in [3.05, 3.63) is 17.7 Å². The molecule has 5 nitrogen and oxygen atoms in total. The van der Waals surface area contributed by atoms with Gasteiger partial charge in [-0.15, -0.1) is 0 Å². The highest BCUT2D eigenvalue weighted by Gasteiger charge is 2.31. The van der Waals surface area contributed by atoms with Gasteiger partial charge in [0.05, 0.1) is 12.4 Å².